The molecule has 0 aliphatic rings. The van der Waals surface area contributed by atoms with Crippen LogP contribution in [0.25, 0.3) is 11.6 Å². The van der Waals surface area contributed by atoms with Crippen LogP contribution in [0.15, 0.2) is 61.7 Å². The smallest absolute Gasteiger partial charge is 0.0355 e. The number of nitrogen functional groups attached to an aromatic ring is 1. The van der Waals surface area contributed by atoms with Gasteiger partial charge >= 0.3 is 0 Å². The van der Waals surface area contributed by atoms with Gasteiger partial charge in [0.05, 0.1) is 0 Å². The molecule has 0 amide bonds. The fourth-order valence-electron chi connectivity index (χ4n) is 1.96. The normalized spacial score (nSPS) is 9.36. The van der Waals surface area contributed by atoms with Crippen molar-refractivity contribution in [2.75, 3.05) is 5.73 Å². The summed E-state index contributed by atoms with van der Waals surface area (Å²) in [4.78, 5) is 0. The quantitative estimate of drug-likeness (QED) is 0.574. The van der Waals surface area contributed by atoms with Crippen LogP contribution in [0.2, 0.25) is 0 Å². The molecule has 0 heterocycles. The maximum absolute atomic E-state index is 7.28. The van der Waals surface area contributed by atoms with E-state index in [1.807, 2.05) is 36.4 Å². The molecule has 22 heavy (non-hydrogen) atoms. The molecule has 2 nitrogen and oxygen atoms in total. The highest BCUT2D eigenvalue weighted by Crippen LogP contribution is 2.20. The highest BCUT2D eigenvalue weighted by molar-refractivity contribution is 5.96. The van der Waals surface area contributed by atoms with E-state index >= 15 is 0 Å². The summed E-state index contributed by atoms with van der Waals surface area (Å²) >= 11 is 0. The zero-order chi connectivity index (χ0) is 16.5. The van der Waals surface area contributed by atoms with Crippen LogP contribution in [0.4, 0.5) is 5.69 Å². The maximum Gasteiger partial charge on any atom is 0.0355 e. The Morgan fingerprint density at radius 3 is 2.36 bits per heavy atom. The average molecular weight is 292 g/mol. The predicted molar refractivity (Wildman–Crippen MR) is 99.2 cm³/mol. The van der Waals surface area contributed by atoms with E-state index < -0.39 is 0 Å². The maximum atomic E-state index is 7.28. The molecular formula is C20H24N2. The van der Waals surface area contributed by atoms with Gasteiger partial charge in [-0.2, -0.15) is 0 Å². The first-order valence-corrected chi connectivity index (χ1v) is 7.30. The number of anilines is 1. The van der Waals surface area contributed by atoms with Gasteiger partial charge in [0.1, 0.15) is 0 Å². The van der Waals surface area contributed by atoms with Crippen LogP contribution < -0.4 is 5.73 Å². The minimum Gasteiger partial charge on any atom is -0.399 e. The molecule has 0 saturated heterocycles. The summed E-state index contributed by atoms with van der Waals surface area (Å²) in [5, 5.41) is 7.28. The summed E-state index contributed by atoms with van der Waals surface area (Å²) in [5.41, 5.74) is 11.2. The minimum atomic E-state index is 0.548. The number of benzene rings is 2. The zero-order valence-electron chi connectivity index (χ0n) is 13.4. The third-order valence-corrected chi connectivity index (χ3v) is 3.31. The molecule has 0 saturated carbocycles. The molecule has 2 aromatic rings. The van der Waals surface area contributed by atoms with Gasteiger partial charge in [-0.1, -0.05) is 62.6 Å². The van der Waals surface area contributed by atoms with Crippen LogP contribution in [0, 0.1) is 5.41 Å². The van der Waals surface area contributed by atoms with Gasteiger partial charge in [0, 0.05) is 11.4 Å². The summed E-state index contributed by atoms with van der Waals surface area (Å²) in [6, 6.07) is 15.5. The standard InChI is InChI=1S/C12H14.C8H10N2/c1-4-10(3)12-9-7-6-8-11(12)5-2;1-6(9)7-3-2-4-8(10)5-7/h5-9H,2-4H2,1H3;2-5,9H,10H2,1H3. The molecule has 0 aliphatic heterocycles. The summed E-state index contributed by atoms with van der Waals surface area (Å²) in [6.45, 7) is 11.6. The summed E-state index contributed by atoms with van der Waals surface area (Å²) in [5.74, 6) is 0. The molecule has 114 valence electrons. The second-order valence-electron chi connectivity index (χ2n) is 5.00. The van der Waals surface area contributed by atoms with E-state index in [0.29, 0.717) is 11.4 Å². The van der Waals surface area contributed by atoms with Gasteiger partial charge in [0.2, 0.25) is 0 Å². The molecule has 2 heteroatoms. The summed E-state index contributed by atoms with van der Waals surface area (Å²) in [7, 11) is 0. The number of rotatable bonds is 4. The minimum absolute atomic E-state index is 0.548. The van der Waals surface area contributed by atoms with Crippen molar-refractivity contribution in [3.05, 3.63) is 78.4 Å². The van der Waals surface area contributed by atoms with Crippen molar-refractivity contribution in [3.63, 3.8) is 0 Å². The van der Waals surface area contributed by atoms with Gasteiger partial charge in [-0.3, -0.25) is 0 Å². The van der Waals surface area contributed by atoms with Crippen LogP contribution in [0.5, 0.6) is 0 Å². The molecule has 2 aromatic carbocycles. The van der Waals surface area contributed by atoms with Gasteiger partial charge in [0.25, 0.3) is 0 Å². The van der Waals surface area contributed by atoms with Gasteiger partial charge in [-0.15, -0.1) is 0 Å². The number of allylic oxidation sites excluding steroid dienone is 1. The summed E-state index contributed by atoms with van der Waals surface area (Å²) < 4.78 is 0. The van der Waals surface area contributed by atoms with Crippen LogP contribution in [0.3, 0.4) is 0 Å². The van der Waals surface area contributed by atoms with Gasteiger partial charge < -0.3 is 11.1 Å². The van der Waals surface area contributed by atoms with Crippen LogP contribution >= 0.6 is 0 Å². The van der Waals surface area contributed by atoms with Crippen LogP contribution in [-0.2, 0) is 0 Å². The van der Waals surface area contributed by atoms with E-state index in [-0.39, 0.29) is 0 Å². The second kappa shape index (κ2) is 8.63. The van der Waals surface area contributed by atoms with Crippen molar-refractivity contribution < 1.29 is 0 Å². The molecule has 0 unspecified atom stereocenters. The molecule has 0 fully saturated rings. The second-order valence-corrected chi connectivity index (χ2v) is 5.00. The van der Waals surface area contributed by atoms with E-state index in [2.05, 4.69) is 32.2 Å². The van der Waals surface area contributed by atoms with Crippen molar-refractivity contribution in [2.45, 2.75) is 20.3 Å². The molecule has 0 radical (unpaired) electrons. The Morgan fingerprint density at radius 1 is 1.18 bits per heavy atom. The van der Waals surface area contributed by atoms with E-state index in [9.17, 15) is 0 Å². The Hall–Kier alpha value is -2.61. The monoisotopic (exact) mass is 292 g/mol. The lowest BCUT2D eigenvalue weighted by atomic mass is 9.99. The van der Waals surface area contributed by atoms with Gasteiger partial charge in [-0.25, -0.2) is 0 Å². The third-order valence-electron chi connectivity index (χ3n) is 3.31. The van der Waals surface area contributed by atoms with Gasteiger partial charge in [0.15, 0.2) is 0 Å². The van der Waals surface area contributed by atoms with E-state index in [1.54, 1.807) is 13.0 Å². The van der Waals surface area contributed by atoms with Crippen LogP contribution in [-0.4, -0.2) is 5.71 Å². The molecule has 0 aliphatic carbocycles. The topological polar surface area (TPSA) is 49.9 Å². The average Bonchev–Trinajstić information content (AvgIpc) is 2.54. The Morgan fingerprint density at radius 2 is 1.86 bits per heavy atom. The lowest BCUT2D eigenvalue weighted by Crippen LogP contribution is -1.93. The molecular weight excluding hydrogens is 268 g/mol. The van der Waals surface area contributed by atoms with E-state index in [0.717, 1.165) is 12.0 Å². The number of nitrogens with two attached hydrogens (primary N) is 1. The molecule has 2 rings (SSSR count). The predicted octanol–water partition coefficient (Wildman–Crippen LogP) is 5.41. The first-order valence-electron chi connectivity index (χ1n) is 7.30. The number of hydrogen-bond donors (Lipinski definition) is 2. The lowest BCUT2D eigenvalue weighted by Gasteiger charge is -2.06. The Bertz CT molecular complexity index is 669. The van der Waals surface area contributed by atoms with Crippen molar-refractivity contribution in [1.29, 1.82) is 5.41 Å². The SMILES string of the molecule is C=Cc1ccccc1C(=C)CC.CC(=N)c1cccc(N)c1. The van der Waals surface area contributed by atoms with Crippen molar-refractivity contribution in [2.24, 2.45) is 0 Å². The fourth-order valence-corrected chi connectivity index (χ4v) is 1.96. The third kappa shape index (κ3) is 5.06. The Kier molecular flexibility index (Phi) is 6.84. The summed E-state index contributed by atoms with van der Waals surface area (Å²) in [6.07, 6.45) is 2.86. The largest absolute Gasteiger partial charge is 0.399 e. The highest BCUT2D eigenvalue weighted by atomic mass is 14.5. The molecule has 0 spiro atoms. The van der Waals surface area contributed by atoms with Crippen LogP contribution in [0.1, 0.15) is 37.0 Å². The van der Waals surface area contributed by atoms with Crippen molar-refractivity contribution in [3.8, 4) is 0 Å². The number of hydrogen-bond acceptors (Lipinski definition) is 2. The Labute approximate surface area is 133 Å². The zero-order valence-corrected chi connectivity index (χ0v) is 13.4. The van der Waals surface area contributed by atoms with Gasteiger partial charge in [-0.05, 0) is 47.7 Å². The molecule has 0 aromatic heterocycles. The fraction of sp³-hybridized carbons (Fsp3) is 0.150. The Balaban J connectivity index is 0.000000224. The van der Waals surface area contributed by atoms with Crippen molar-refractivity contribution >= 4 is 23.0 Å². The molecule has 0 bridgehead atoms. The molecule has 3 N–H and O–H groups in total. The van der Waals surface area contributed by atoms with E-state index in [1.165, 1.54) is 16.7 Å². The first-order chi connectivity index (χ1) is 10.5. The first kappa shape index (κ1) is 17.4. The lowest BCUT2D eigenvalue weighted by molar-refractivity contribution is 1.24. The number of nitrogens with one attached hydrogen (secondary N) is 1. The molecule has 0 atom stereocenters. The van der Waals surface area contributed by atoms with Crippen molar-refractivity contribution in [1.82, 2.24) is 0 Å². The highest BCUT2D eigenvalue weighted by Gasteiger charge is 1.99. The van der Waals surface area contributed by atoms with E-state index in [4.69, 9.17) is 11.1 Å².